The minimum Gasteiger partial charge on any atom is -0.326 e. The SMILES string of the molecule is O=C(Nc1cccc(NC(=O)C2CCNCC2)c1)c1cccc(C(F)(F)F)c1. The molecule has 0 atom stereocenters. The van der Waals surface area contributed by atoms with Crippen LogP contribution in [0.1, 0.15) is 28.8 Å². The Kier molecular flexibility index (Phi) is 5.99. The predicted octanol–water partition coefficient (Wildman–Crippen LogP) is 3.90. The number of hydrogen-bond acceptors (Lipinski definition) is 3. The van der Waals surface area contributed by atoms with Crippen molar-refractivity contribution >= 4 is 23.2 Å². The lowest BCUT2D eigenvalue weighted by atomic mass is 9.97. The highest BCUT2D eigenvalue weighted by Crippen LogP contribution is 2.29. The van der Waals surface area contributed by atoms with Crippen molar-refractivity contribution in [2.75, 3.05) is 23.7 Å². The van der Waals surface area contributed by atoms with E-state index in [0.717, 1.165) is 38.1 Å². The molecule has 5 nitrogen and oxygen atoms in total. The summed E-state index contributed by atoms with van der Waals surface area (Å²) in [4.78, 5) is 24.6. The lowest BCUT2D eigenvalue weighted by Gasteiger charge is -2.21. The highest BCUT2D eigenvalue weighted by atomic mass is 19.4. The predicted molar refractivity (Wildman–Crippen MR) is 100 cm³/mol. The van der Waals surface area contributed by atoms with E-state index in [1.807, 2.05) is 0 Å². The summed E-state index contributed by atoms with van der Waals surface area (Å²) in [6.07, 6.45) is -3.00. The van der Waals surface area contributed by atoms with Crippen LogP contribution in [0.15, 0.2) is 48.5 Å². The van der Waals surface area contributed by atoms with E-state index < -0.39 is 17.6 Å². The molecule has 0 aliphatic carbocycles. The van der Waals surface area contributed by atoms with Gasteiger partial charge in [0.15, 0.2) is 0 Å². The summed E-state index contributed by atoms with van der Waals surface area (Å²) in [6.45, 7) is 1.59. The number of halogens is 3. The molecule has 3 rings (SSSR count). The van der Waals surface area contributed by atoms with Crippen molar-refractivity contribution in [3.63, 3.8) is 0 Å². The van der Waals surface area contributed by atoms with E-state index in [0.29, 0.717) is 11.4 Å². The zero-order valence-electron chi connectivity index (χ0n) is 15.0. The second-order valence-corrected chi connectivity index (χ2v) is 6.63. The number of piperidine rings is 1. The number of carbonyl (C=O) groups is 2. The first kappa shape index (κ1) is 19.9. The van der Waals surface area contributed by atoms with Gasteiger partial charge < -0.3 is 16.0 Å². The molecule has 2 aromatic rings. The fraction of sp³-hybridized carbons (Fsp3) is 0.300. The van der Waals surface area contributed by atoms with Crippen LogP contribution in [-0.4, -0.2) is 24.9 Å². The van der Waals surface area contributed by atoms with E-state index in [1.165, 1.54) is 12.1 Å². The van der Waals surface area contributed by atoms with Gasteiger partial charge in [0.1, 0.15) is 0 Å². The van der Waals surface area contributed by atoms with E-state index >= 15 is 0 Å². The minimum atomic E-state index is -4.52. The Labute approximate surface area is 160 Å². The molecule has 0 aromatic heterocycles. The lowest BCUT2D eigenvalue weighted by Crippen LogP contribution is -2.34. The fourth-order valence-electron chi connectivity index (χ4n) is 3.04. The molecule has 1 aliphatic heterocycles. The summed E-state index contributed by atoms with van der Waals surface area (Å²) in [5, 5.41) is 8.58. The molecule has 0 radical (unpaired) electrons. The summed E-state index contributed by atoms with van der Waals surface area (Å²) in [6, 6.07) is 10.7. The Hall–Kier alpha value is -2.87. The average Bonchev–Trinajstić information content (AvgIpc) is 2.68. The quantitative estimate of drug-likeness (QED) is 0.741. The molecule has 8 heteroatoms. The maximum absolute atomic E-state index is 12.8. The second kappa shape index (κ2) is 8.43. The molecule has 0 spiro atoms. The number of carbonyl (C=O) groups excluding carboxylic acids is 2. The first-order valence-electron chi connectivity index (χ1n) is 8.93. The van der Waals surface area contributed by atoms with Crippen molar-refractivity contribution in [3.8, 4) is 0 Å². The van der Waals surface area contributed by atoms with Crippen LogP contribution >= 0.6 is 0 Å². The Morgan fingerprint density at radius 2 is 1.57 bits per heavy atom. The van der Waals surface area contributed by atoms with Gasteiger partial charge in [0, 0.05) is 22.9 Å². The van der Waals surface area contributed by atoms with Crippen LogP contribution in [0.25, 0.3) is 0 Å². The monoisotopic (exact) mass is 391 g/mol. The standard InChI is InChI=1S/C20H20F3N3O2/c21-20(22,23)15-4-1-3-14(11-15)19(28)26-17-6-2-5-16(12-17)25-18(27)13-7-9-24-10-8-13/h1-6,11-13,24H,7-10H2,(H,25,27)(H,26,28). The van der Waals surface area contributed by atoms with Gasteiger partial charge in [-0.3, -0.25) is 9.59 Å². The molecule has 1 heterocycles. The van der Waals surface area contributed by atoms with Crippen LogP contribution < -0.4 is 16.0 Å². The Balaban J connectivity index is 1.67. The van der Waals surface area contributed by atoms with Gasteiger partial charge >= 0.3 is 6.18 Å². The van der Waals surface area contributed by atoms with E-state index in [-0.39, 0.29) is 17.4 Å². The summed E-state index contributed by atoms with van der Waals surface area (Å²) in [5.41, 5.74) is -0.0852. The lowest BCUT2D eigenvalue weighted by molar-refractivity contribution is -0.137. The normalized spacial score (nSPS) is 15.1. The third kappa shape index (κ3) is 5.10. The zero-order valence-corrected chi connectivity index (χ0v) is 15.0. The zero-order chi connectivity index (χ0) is 20.1. The molecule has 1 fully saturated rings. The van der Waals surface area contributed by atoms with Crippen LogP contribution in [0.5, 0.6) is 0 Å². The smallest absolute Gasteiger partial charge is 0.326 e. The number of hydrogen-bond donors (Lipinski definition) is 3. The maximum Gasteiger partial charge on any atom is 0.416 e. The molecule has 1 aliphatic rings. The largest absolute Gasteiger partial charge is 0.416 e. The number of anilines is 2. The van der Waals surface area contributed by atoms with Gasteiger partial charge in [-0.25, -0.2) is 0 Å². The maximum atomic E-state index is 12.8. The van der Waals surface area contributed by atoms with E-state index in [2.05, 4.69) is 16.0 Å². The molecule has 148 valence electrons. The number of benzene rings is 2. The van der Waals surface area contributed by atoms with Gasteiger partial charge in [0.2, 0.25) is 5.91 Å². The van der Waals surface area contributed by atoms with Crippen LogP contribution in [0, 0.1) is 5.92 Å². The number of amides is 2. The van der Waals surface area contributed by atoms with Crippen molar-refractivity contribution in [2.24, 2.45) is 5.92 Å². The van der Waals surface area contributed by atoms with Gasteiger partial charge in [0.25, 0.3) is 5.91 Å². The van der Waals surface area contributed by atoms with Crippen molar-refractivity contribution in [2.45, 2.75) is 19.0 Å². The van der Waals surface area contributed by atoms with Crippen LogP contribution in [-0.2, 0) is 11.0 Å². The molecule has 0 unspecified atom stereocenters. The van der Waals surface area contributed by atoms with Crippen LogP contribution in [0.3, 0.4) is 0 Å². The number of alkyl halides is 3. The van der Waals surface area contributed by atoms with Gasteiger partial charge in [-0.1, -0.05) is 12.1 Å². The fourth-order valence-corrected chi connectivity index (χ4v) is 3.04. The molecule has 28 heavy (non-hydrogen) atoms. The highest BCUT2D eigenvalue weighted by molar-refractivity contribution is 6.04. The third-order valence-corrected chi connectivity index (χ3v) is 4.55. The second-order valence-electron chi connectivity index (χ2n) is 6.63. The molecular formula is C20H20F3N3O2. The molecule has 3 N–H and O–H groups in total. The molecule has 2 amide bonds. The topological polar surface area (TPSA) is 70.2 Å². The minimum absolute atomic E-state index is 0.0652. The van der Waals surface area contributed by atoms with Gasteiger partial charge in [0.05, 0.1) is 5.56 Å². The average molecular weight is 391 g/mol. The Bertz CT molecular complexity index is 862. The van der Waals surface area contributed by atoms with E-state index in [4.69, 9.17) is 0 Å². The molecular weight excluding hydrogens is 371 g/mol. The first-order valence-corrected chi connectivity index (χ1v) is 8.93. The Morgan fingerprint density at radius 3 is 2.25 bits per heavy atom. The third-order valence-electron chi connectivity index (χ3n) is 4.55. The summed E-state index contributed by atoms with van der Waals surface area (Å²) >= 11 is 0. The number of rotatable bonds is 4. The molecule has 2 aromatic carbocycles. The summed E-state index contributed by atoms with van der Waals surface area (Å²) < 4.78 is 38.4. The van der Waals surface area contributed by atoms with Gasteiger partial charge in [-0.15, -0.1) is 0 Å². The Morgan fingerprint density at radius 1 is 0.929 bits per heavy atom. The number of nitrogens with one attached hydrogen (secondary N) is 3. The summed E-state index contributed by atoms with van der Waals surface area (Å²) in [7, 11) is 0. The first-order chi connectivity index (χ1) is 13.3. The van der Waals surface area contributed by atoms with Crippen LogP contribution in [0.4, 0.5) is 24.5 Å². The molecule has 1 saturated heterocycles. The van der Waals surface area contributed by atoms with E-state index in [1.54, 1.807) is 24.3 Å². The van der Waals surface area contributed by atoms with E-state index in [9.17, 15) is 22.8 Å². The summed E-state index contributed by atoms with van der Waals surface area (Å²) in [5.74, 6) is -0.805. The van der Waals surface area contributed by atoms with Crippen molar-refractivity contribution in [1.29, 1.82) is 0 Å². The van der Waals surface area contributed by atoms with Crippen molar-refractivity contribution in [1.82, 2.24) is 5.32 Å². The van der Waals surface area contributed by atoms with Crippen molar-refractivity contribution in [3.05, 3.63) is 59.7 Å². The molecule has 0 saturated carbocycles. The van der Waals surface area contributed by atoms with Crippen LogP contribution in [0.2, 0.25) is 0 Å². The van der Waals surface area contributed by atoms with Gasteiger partial charge in [-0.2, -0.15) is 13.2 Å². The van der Waals surface area contributed by atoms with Crippen molar-refractivity contribution < 1.29 is 22.8 Å². The molecule has 0 bridgehead atoms. The van der Waals surface area contributed by atoms with Gasteiger partial charge in [-0.05, 0) is 62.3 Å². The highest BCUT2D eigenvalue weighted by Gasteiger charge is 2.30.